The highest BCUT2D eigenvalue weighted by Crippen LogP contribution is 2.10. The van der Waals surface area contributed by atoms with E-state index in [1.54, 1.807) is 17.9 Å². The Labute approximate surface area is 112 Å². The molecule has 104 valence electrons. The summed E-state index contributed by atoms with van der Waals surface area (Å²) in [5, 5.41) is 3.75. The third-order valence-electron chi connectivity index (χ3n) is 3.29. The zero-order valence-corrected chi connectivity index (χ0v) is 11.4. The zero-order valence-electron chi connectivity index (χ0n) is 11.4. The maximum Gasteiger partial charge on any atom is 0.276 e. The molecule has 2 amide bonds. The molecule has 1 saturated heterocycles. The molecule has 2 rings (SSSR count). The third-order valence-corrected chi connectivity index (χ3v) is 3.29. The standard InChI is InChI=1S/C13H19N3O3/c1-3-12(17)15-5-4-6-16(8-7-15)13(18)11-9-10(2)19-14-11/h9H,3-8H2,1-2H3. The second kappa shape index (κ2) is 5.86. The third kappa shape index (κ3) is 3.13. The first-order chi connectivity index (χ1) is 9.11. The molecule has 6 nitrogen and oxygen atoms in total. The normalized spacial score (nSPS) is 16.3. The summed E-state index contributed by atoms with van der Waals surface area (Å²) in [6.07, 6.45) is 1.31. The van der Waals surface area contributed by atoms with E-state index >= 15 is 0 Å². The van der Waals surface area contributed by atoms with Gasteiger partial charge in [0.25, 0.3) is 5.91 Å². The van der Waals surface area contributed by atoms with Gasteiger partial charge < -0.3 is 14.3 Å². The summed E-state index contributed by atoms with van der Waals surface area (Å²) in [7, 11) is 0. The van der Waals surface area contributed by atoms with E-state index in [4.69, 9.17) is 4.52 Å². The van der Waals surface area contributed by atoms with Crippen LogP contribution >= 0.6 is 0 Å². The smallest absolute Gasteiger partial charge is 0.276 e. The van der Waals surface area contributed by atoms with Gasteiger partial charge in [-0.05, 0) is 13.3 Å². The zero-order chi connectivity index (χ0) is 13.8. The van der Waals surface area contributed by atoms with Crippen LogP contribution in [0.2, 0.25) is 0 Å². The molecule has 0 aliphatic carbocycles. The molecule has 0 unspecified atom stereocenters. The summed E-state index contributed by atoms with van der Waals surface area (Å²) >= 11 is 0. The van der Waals surface area contributed by atoms with Crippen molar-refractivity contribution >= 4 is 11.8 Å². The van der Waals surface area contributed by atoms with Crippen molar-refractivity contribution in [3.63, 3.8) is 0 Å². The topological polar surface area (TPSA) is 66.7 Å². The molecule has 0 bridgehead atoms. The van der Waals surface area contributed by atoms with Gasteiger partial charge in [0.15, 0.2) is 5.69 Å². The molecule has 1 aliphatic rings. The Bertz CT molecular complexity index is 469. The van der Waals surface area contributed by atoms with Crippen LogP contribution in [0.3, 0.4) is 0 Å². The second-order valence-electron chi connectivity index (χ2n) is 4.70. The minimum absolute atomic E-state index is 0.123. The molecule has 6 heteroatoms. The van der Waals surface area contributed by atoms with Gasteiger partial charge in [-0.25, -0.2) is 0 Å². The summed E-state index contributed by atoms with van der Waals surface area (Å²) in [6, 6.07) is 1.64. The molecule has 1 aromatic heterocycles. The summed E-state index contributed by atoms with van der Waals surface area (Å²) in [4.78, 5) is 27.4. The minimum atomic E-state index is -0.123. The predicted octanol–water partition coefficient (Wildman–Crippen LogP) is 1.07. The van der Waals surface area contributed by atoms with E-state index in [0.717, 1.165) is 6.42 Å². The van der Waals surface area contributed by atoms with Gasteiger partial charge in [-0.15, -0.1) is 0 Å². The number of hydrogen-bond acceptors (Lipinski definition) is 4. The maximum atomic E-state index is 12.2. The molecule has 1 fully saturated rings. The Kier molecular flexibility index (Phi) is 4.19. The van der Waals surface area contributed by atoms with E-state index in [0.29, 0.717) is 44.1 Å². The highest BCUT2D eigenvalue weighted by Gasteiger charge is 2.23. The van der Waals surface area contributed by atoms with E-state index < -0.39 is 0 Å². The van der Waals surface area contributed by atoms with Crippen molar-refractivity contribution in [2.45, 2.75) is 26.7 Å². The number of hydrogen-bond donors (Lipinski definition) is 0. The van der Waals surface area contributed by atoms with Crippen molar-refractivity contribution in [2.75, 3.05) is 26.2 Å². The van der Waals surface area contributed by atoms with Crippen molar-refractivity contribution in [3.8, 4) is 0 Å². The molecule has 0 atom stereocenters. The number of aryl methyl sites for hydroxylation is 1. The van der Waals surface area contributed by atoms with Crippen LogP contribution in [0.25, 0.3) is 0 Å². The van der Waals surface area contributed by atoms with Gasteiger partial charge in [0.05, 0.1) is 0 Å². The molecule has 0 saturated carbocycles. The molecule has 0 radical (unpaired) electrons. The predicted molar refractivity (Wildman–Crippen MR) is 68.6 cm³/mol. The number of carbonyl (C=O) groups is 2. The summed E-state index contributed by atoms with van der Waals surface area (Å²) in [5.41, 5.74) is 0.341. The fourth-order valence-corrected chi connectivity index (χ4v) is 2.22. The van der Waals surface area contributed by atoms with Crippen LogP contribution in [0.1, 0.15) is 36.0 Å². The number of aromatic nitrogens is 1. The second-order valence-corrected chi connectivity index (χ2v) is 4.70. The van der Waals surface area contributed by atoms with Gasteiger partial charge in [0.2, 0.25) is 5.91 Å². The van der Waals surface area contributed by atoms with E-state index in [1.165, 1.54) is 0 Å². The first-order valence-electron chi connectivity index (χ1n) is 6.62. The molecule has 0 aromatic carbocycles. The molecule has 0 spiro atoms. The molecular formula is C13H19N3O3. The number of amides is 2. The number of carbonyl (C=O) groups excluding carboxylic acids is 2. The van der Waals surface area contributed by atoms with E-state index in [2.05, 4.69) is 5.16 Å². The van der Waals surface area contributed by atoms with Crippen LogP contribution in [-0.2, 0) is 4.79 Å². The van der Waals surface area contributed by atoms with Gasteiger partial charge in [-0.1, -0.05) is 12.1 Å². The minimum Gasteiger partial charge on any atom is -0.361 e. The average Bonchev–Trinajstić information content (AvgIpc) is 2.71. The summed E-state index contributed by atoms with van der Waals surface area (Å²) < 4.78 is 4.92. The van der Waals surface area contributed by atoms with Crippen LogP contribution in [0.5, 0.6) is 0 Å². The van der Waals surface area contributed by atoms with E-state index in [9.17, 15) is 9.59 Å². The largest absolute Gasteiger partial charge is 0.361 e. The monoisotopic (exact) mass is 265 g/mol. The van der Waals surface area contributed by atoms with Crippen LogP contribution in [0.4, 0.5) is 0 Å². The Morgan fingerprint density at radius 2 is 1.95 bits per heavy atom. The van der Waals surface area contributed by atoms with Gasteiger partial charge in [0.1, 0.15) is 5.76 Å². The lowest BCUT2D eigenvalue weighted by molar-refractivity contribution is -0.130. The lowest BCUT2D eigenvalue weighted by Crippen LogP contribution is -2.37. The maximum absolute atomic E-state index is 12.2. The van der Waals surface area contributed by atoms with Gasteiger partial charge in [0, 0.05) is 38.7 Å². The van der Waals surface area contributed by atoms with Crippen molar-refractivity contribution in [1.82, 2.24) is 15.0 Å². The van der Waals surface area contributed by atoms with Crippen LogP contribution in [0, 0.1) is 6.92 Å². The molecule has 1 aliphatic heterocycles. The fraction of sp³-hybridized carbons (Fsp3) is 0.615. The summed E-state index contributed by atoms with van der Waals surface area (Å²) in [6.45, 7) is 6.13. The number of nitrogens with zero attached hydrogens (tertiary/aromatic N) is 3. The molecule has 1 aromatic rings. The number of rotatable bonds is 2. The van der Waals surface area contributed by atoms with Crippen LogP contribution < -0.4 is 0 Å². The average molecular weight is 265 g/mol. The Morgan fingerprint density at radius 3 is 2.58 bits per heavy atom. The van der Waals surface area contributed by atoms with Crippen molar-refractivity contribution in [2.24, 2.45) is 0 Å². The van der Waals surface area contributed by atoms with Crippen molar-refractivity contribution in [3.05, 3.63) is 17.5 Å². The highest BCUT2D eigenvalue weighted by atomic mass is 16.5. The van der Waals surface area contributed by atoms with Gasteiger partial charge in [-0.3, -0.25) is 9.59 Å². The van der Waals surface area contributed by atoms with E-state index in [1.807, 2.05) is 11.8 Å². The van der Waals surface area contributed by atoms with Crippen molar-refractivity contribution in [1.29, 1.82) is 0 Å². The van der Waals surface area contributed by atoms with Crippen molar-refractivity contribution < 1.29 is 14.1 Å². The molecule has 19 heavy (non-hydrogen) atoms. The van der Waals surface area contributed by atoms with Crippen LogP contribution in [-0.4, -0.2) is 52.9 Å². The summed E-state index contributed by atoms with van der Waals surface area (Å²) in [5.74, 6) is 0.648. The molecular weight excluding hydrogens is 246 g/mol. The SMILES string of the molecule is CCC(=O)N1CCCN(C(=O)c2cc(C)on2)CC1. The van der Waals surface area contributed by atoms with E-state index in [-0.39, 0.29) is 11.8 Å². The Balaban J connectivity index is 1.99. The lowest BCUT2D eigenvalue weighted by atomic mass is 10.3. The van der Waals surface area contributed by atoms with Crippen LogP contribution in [0.15, 0.2) is 10.6 Å². The fourth-order valence-electron chi connectivity index (χ4n) is 2.22. The Morgan fingerprint density at radius 1 is 1.26 bits per heavy atom. The molecule has 2 heterocycles. The first-order valence-corrected chi connectivity index (χ1v) is 6.62. The quantitative estimate of drug-likeness (QED) is 0.802. The highest BCUT2D eigenvalue weighted by molar-refractivity contribution is 5.92. The lowest BCUT2D eigenvalue weighted by Gasteiger charge is -2.21. The molecule has 0 N–H and O–H groups in total. The van der Waals surface area contributed by atoms with Gasteiger partial charge >= 0.3 is 0 Å². The first kappa shape index (κ1) is 13.6. The van der Waals surface area contributed by atoms with Gasteiger partial charge in [-0.2, -0.15) is 0 Å². The Hall–Kier alpha value is -1.85.